The van der Waals surface area contributed by atoms with Crippen molar-refractivity contribution in [3.63, 3.8) is 0 Å². The molecule has 0 spiro atoms. The zero-order valence-electron chi connectivity index (χ0n) is 14.9. The van der Waals surface area contributed by atoms with E-state index in [9.17, 15) is 9.59 Å². The molecule has 1 aromatic heterocycles. The van der Waals surface area contributed by atoms with Gasteiger partial charge in [0.05, 0.1) is 18.7 Å². The van der Waals surface area contributed by atoms with Gasteiger partial charge >= 0.3 is 6.03 Å². The normalized spacial score (nSPS) is 23.3. The highest BCUT2D eigenvalue weighted by molar-refractivity contribution is 5.79. The van der Waals surface area contributed by atoms with E-state index in [-0.39, 0.29) is 23.7 Å². The average molecular weight is 356 g/mol. The predicted octanol–water partition coefficient (Wildman–Crippen LogP) is 1.14. The third-order valence-electron chi connectivity index (χ3n) is 5.39. The first-order valence-corrected chi connectivity index (χ1v) is 9.05. The number of H-pyrrole nitrogens is 1. The van der Waals surface area contributed by atoms with Crippen molar-refractivity contribution in [2.75, 3.05) is 33.4 Å². The van der Waals surface area contributed by atoms with E-state index in [1.54, 1.807) is 7.11 Å². The van der Waals surface area contributed by atoms with Gasteiger partial charge in [0.25, 0.3) is 5.56 Å². The maximum atomic E-state index is 12.4. The summed E-state index contributed by atoms with van der Waals surface area (Å²) < 4.78 is 5.11. The topological polar surface area (TPSA) is 77.7 Å². The van der Waals surface area contributed by atoms with E-state index in [0.29, 0.717) is 19.7 Å². The van der Waals surface area contributed by atoms with Gasteiger partial charge in [0.2, 0.25) is 0 Å². The number of likely N-dealkylation sites (tertiary alicyclic amines) is 1. The molecule has 2 fully saturated rings. The molecule has 7 nitrogen and oxygen atoms in total. The lowest BCUT2D eigenvalue weighted by atomic mass is 9.99. The fourth-order valence-corrected chi connectivity index (χ4v) is 4.07. The SMILES string of the molecule is COCCN1C(=O)N[C@@H]2CN(Cc3cc4ccccc4[nH]c3=O)CC[C@@H]21. The zero-order chi connectivity index (χ0) is 18.1. The van der Waals surface area contributed by atoms with E-state index in [4.69, 9.17) is 4.74 Å². The maximum Gasteiger partial charge on any atom is 0.318 e. The van der Waals surface area contributed by atoms with Gasteiger partial charge < -0.3 is 19.9 Å². The van der Waals surface area contributed by atoms with Crippen LogP contribution in [0, 0.1) is 0 Å². The number of nitrogens with one attached hydrogen (secondary N) is 2. The second kappa shape index (κ2) is 7.09. The highest BCUT2D eigenvalue weighted by Gasteiger charge is 2.42. The molecule has 138 valence electrons. The lowest BCUT2D eigenvalue weighted by Crippen LogP contribution is -2.51. The number of fused-ring (bicyclic) bond motifs is 2. The van der Waals surface area contributed by atoms with Gasteiger partial charge in [-0.1, -0.05) is 18.2 Å². The molecule has 2 atom stereocenters. The first-order valence-electron chi connectivity index (χ1n) is 9.05. The highest BCUT2D eigenvalue weighted by Crippen LogP contribution is 2.23. The van der Waals surface area contributed by atoms with E-state index in [1.807, 2.05) is 35.2 Å². The molecule has 2 aliphatic rings. The average Bonchev–Trinajstić information content (AvgIpc) is 2.95. The number of hydrogen-bond acceptors (Lipinski definition) is 4. The summed E-state index contributed by atoms with van der Waals surface area (Å²) in [5, 5.41) is 4.12. The number of para-hydroxylation sites is 1. The Morgan fingerprint density at radius 2 is 2.12 bits per heavy atom. The Balaban J connectivity index is 1.46. The highest BCUT2D eigenvalue weighted by atomic mass is 16.5. The summed E-state index contributed by atoms with van der Waals surface area (Å²) in [6.07, 6.45) is 0.901. The van der Waals surface area contributed by atoms with Crippen molar-refractivity contribution >= 4 is 16.9 Å². The molecule has 2 saturated heterocycles. The van der Waals surface area contributed by atoms with Crippen molar-refractivity contribution in [1.29, 1.82) is 0 Å². The van der Waals surface area contributed by atoms with Gasteiger partial charge in [-0.15, -0.1) is 0 Å². The number of ether oxygens (including phenoxy) is 1. The molecule has 0 radical (unpaired) electrons. The lowest BCUT2D eigenvalue weighted by Gasteiger charge is -2.36. The van der Waals surface area contributed by atoms with Gasteiger partial charge in [0.15, 0.2) is 0 Å². The van der Waals surface area contributed by atoms with Crippen LogP contribution in [0.3, 0.4) is 0 Å². The molecule has 0 bridgehead atoms. The third kappa shape index (κ3) is 3.20. The van der Waals surface area contributed by atoms with Crippen molar-refractivity contribution in [2.24, 2.45) is 0 Å². The van der Waals surface area contributed by atoms with Crippen LogP contribution in [0.2, 0.25) is 0 Å². The van der Waals surface area contributed by atoms with E-state index in [0.717, 1.165) is 36.0 Å². The Bertz CT molecular complexity index is 865. The van der Waals surface area contributed by atoms with Crippen molar-refractivity contribution in [1.82, 2.24) is 20.1 Å². The molecule has 7 heteroatoms. The minimum absolute atomic E-state index is 0.0116. The number of rotatable bonds is 5. The smallest absolute Gasteiger partial charge is 0.318 e. The molecule has 0 saturated carbocycles. The minimum Gasteiger partial charge on any atom is -0.383 e. The summed E-state index contributed by atoms with van der Waals surface area (Å²) in [5.74, 6) is 0. The Kier molecular flexibility index (Phi) is 4.65. The Morgan fingerprint density at radius 3 is 2.96 bits per heavy atom. The number of carbonyl (C=O) groups is 1. The molecule has 2 aromatic rings. The van der Waals surface area contributed by atoms with Crippen LogP contribution in [0.4, 0.5) is 4.79 Å². The van der Waals surface area contributed by atoms with E-state index < -0.39 is 0 Å². The first kappa shape index (κ1) is 17.1. The van der Waals surface area contributed by atoms with Crippen LogP contribution in [-0.2, 0) is 11.3 Å². The quantitative estimate of drug-likeness (QED) is 0.842. The van der Waals surface area contributed by atoms with Gasteiger partial charge in [-0.25, -0.2) is 4.79 Å². The van der Waals surface area contributed by atoms with Gasteiger partial charge in [0.1, 0.15) is 0 Å². The van der Waals surface area contributed by atoms with Crippen LogP contribution < -0.4 is 10.9 Å². The lowest BCUT2D eigenvalue weighted by molar-refractivity contribution is 0.111. The Morgan fingerprint density at radius 1 is 1.27 bits per heavy atom. The van der Waals surface area contributed by atoms with Gasteiger partial charge in [-0.05, 0) is 23.9 Å². The number of piperidine rings is 1. The summed E-state index contributed by atoms with van der Waals surface area (Å²) >= 11 is 0. The van der Waals surface area contributed by atoms with Gasteiger partial charge in [0, 0.05) is 44.4 Å². The number of amides is 2. The Hall–Kier alpha value is -2.38. The molecule has 1 aromatic carbocycles. The molecule has 0 unspecified atom stereocenters. The molecule has 4 rings (SSSR count). The molecule has 2 N–H and O–H groups in total. The molecular formula is C19H24N4O3. The van der Waals surface area contributed by atoms with Crippen LogP contribution in [0.1, 0.15) is 12.0 Å². The van der Waals surface area contributed by atoms with Crippen molar-refractivity contribution in [3.8, 4) is 0 Å². The largest absolute Gasteiger partial charge is 0.383 e. The standard InChI is InChI=1S/C19H24N4O3/c1-26-9-8-23-17-6-7-22(12-16(17)21-19(23)25)11-14-10-13-4-2-3-5-15(13)20-18(14)24/h2-5,10,16-17H,6-9,11-12H2,1H3,(H,20,24)(H,21,25)/t16-,17+/m1/s1. The van der Waals surface area contributed by atoms with Gasteiger partial charge in [-0.3, -0.25) is 9.69 Å². The first-order chi connectivity index (χ1) is 12.7. The molecule has 2 aliphatic heterocycles. The molecule has 26 heavy (non-hydrogen) atoms. The molecule has 3 heterocycles. The fraction of sp³-hybridized carbons (Fsp3) is 0.474. The maximum absolute atomic E-state index is 12.4. The number of hydrogen-bond donors (Lipinski definition) is 2. The Labute approximate surface area is 151 Å². The zero-order valence-corrected chi connectivity index (χ0v) is 14.9. The van der Waals surface area contributed by atoms with Crippen LogP contribution in [-0.4, -0.2) is 66.2 Å². The number of methoxy groups -OCH3 is 1. The summed E-state index contributed by atoms with van der Waals surface area (Å²) in [6.45, 7) is 3.38. The number of benzene rings is 1. The monoisotopic (exact) mass is 356 g/mol. The van der Waals surface area contributed by atoms with Crippen molar-refractivity contribution < 1.29 is 9.53 Å². The van der Waals surface area contributed by atoms with Crippen molar-refractivity contribution in [3.05, 3.63) is 46.2 Å². The molecule has 0 aliphatic carbocycles. The summed E-state index contributed by atoms with van der Waals surface area (Å²) in [5.41, 5.74) is 1.59. The number of carbonyl (C=O) groups excluding carboxylic acids is 1. The van der Waals surface area contributed by atoms with E-state index >= 15 is 0 Å². The number of aromatic nitrogens is 1. The number of aromatic amines is 1. The summed E-state index contributed by atoms with van der Waals surface area (Å²) in [7, 11) is 1.65. The molecular weight excluding hydrogens is 332 g/mol. The number of nitrogens with zero attached hydrogens (tertiary/aromatic N) is 2. The third-order valence-corrected chi connectivity index (χ3v) is 5.39. The number of urea groups is 1. The second-order valence-electron chi connectivity index (χ2n) is 7.04. The van der Waals surface area contributed by atoms with Crippen LogP contribution in [0.5, 0.6) is 0 Å². The van der Waals surface area contributed by atoms with Crippen LogP contribution in [0.25, 0.3) is 10.9 Å². The van der Waals surface area contributed by atoms with Crippen LogP contribution >= 0.6 is 0 Å². The van der Waals surface area contributed by atoms with E-state index in [2.05, 4.69) is 15.2 Å². The van der Waals surface area contributed by atoms with Gasteiger partial charge in [-0.2, -0.15) is 0 Å². The minimum atomic E-state index is -0.0389. The second-order valence-corrected chi connectivity index (χ2v) is 7.04. The summed E-state index contributed by atoms with van der Waals surface area (Å²) in [6, 6.07) is 10.1. The number of pyridine rings is 1. The molecule has 2 amide bonds. The predicted molar refractivity (Wildman–Crippen MR) is 99.2 cm³/mol. The fourth-order valence-electron chi connectivity index (χ4n) is 4.07. The van der Waals surface area contributed by atoms with E-state index in [1.165, 1.54) is 0 Å². The summed E-state index contributed by atoms with van der Waals surface area (Å²) in [4.78, 5) is 31.7. The van der Waals surface area contributed by atoms with Crippen molar-refractivity contribution in [2.45, 2.75) is 25.0 Å². The van der Waals surface area contributed by atoms with Crippen LogP contribution in [0.15, 0.2) is 35.1 Å².